The summed E-state index contributed by atoms with van der Waals surface area (Å²) in [5, 5.41) is 5.66. The smallest absolute Gasteiger partial charge is 0.315 e. The number of ether oxygens (including phenoxy) is 2. The fourth-order valence-electron chi connectivity index (χ4n) is 2.49. The standard InChI is InChI=1S/C16H23FN2O3/c1-2-22-15-11-21-10-8-14(15)19-16(20)18-9-7-12-5-3-4-6-13(12)17/h3-6,14-15H,2,7-11H2,1H3,(H2,18,19,20)/t14-,15-/m1/s1. The van der Waals surface area contributed by atoms with Gasteiger partial charge in [0.25, 0.3) is 0 Å². The molecule has 22 heavy (non-hydrogen) atoms. The van der Waals surface area contributed by atoms with Gasteiger partial charge in [0.1, 0.15) is 11.9 Å². The Labute approximate surface area is 130 Å². The van der Waals surface area contributed by atoms with Crippen molar-refractivity contribution in [2.75, 3.05) is 26.4 Å². The lowest BCUT2D eigenvalue weighted by Gasteiger charge is -2.31. The second-order valence-corrected chi connectivity index (χ2v) is 5.21. The maximum Gasteiger partial charge on any atom is 0.315 e. The molecule has 1 aromatic carbocycles. The molecule has 0 radical (unpaired) electrons. The van der Waals surface area contributed by atoms with Gasteiger partial charge in [-0.3, -0.25) is 0 Å². The number of benzene rings is 1. The van der Waals surface area contributed by atoms with Crippen molar-refractivity contribution in [3.05, 3.63) is 35.6 Å². The Bertz CT molecular complexity index is 482. The average Bonchev–Trinajstić information content (AvgIpc) is 2.51. The van der Waals surface area contributed by atoms with E-state index in [0.717, 1.165) is 6.42 Å². The number of urea groups is 1. The molecule has 1 aliphatic heterocycles. The van der Waals surface area contributed by atoms with E-state index in [1.165, 1.54) is 6.07 Å². The minimum absolute atomic E-state index is 0.0536. The molecule has 1 saturated heterocycles. The van der Waals surface area contributed by atoms with Gasteiger partial charge in [0, 0.05) is 19.8 Å². The normalized spacial score (nSPS) is 21.4. The summed E-state index contributed by atoms with van der Waals surface area (Å²) >= 11 is 0. The molecule has 6 heteroatoms. The largest absolute Gasteiger partial charge is 0.379 e. The first-order valence-corrected chi connectivity index (χ1v) is 7.67. The first-order chi connectivity index (χ1) is 10.7. The molecule has 2 atom stereocenters. The van der Waals surface area contributed by atoms with E-state index in [0.29, 0.717) is 38.3 Å². The van der Waals surface area contributed by atoms with Crippen LogP contribution in [0, 0.1) is 5.82 Å². The molecule has 0 spiro atoms. The van der Waals surface area contributed by atoms with E-state index >= 15 is 0 Å². The lowest BCUT2D eigenvalue weighted by Crippen LogP contribution is -2.52. The van der Waals surface area contributed by atoms with Crippen molar-refractivity contribution in [3.8, 4) is 0 Å². The van der Waals surface area contributed by atoms with Crippen LogP contribution >= 0.6 is 0 Å². The molecule has 0 saturated carbocycles. The van der Waals surface area contributed by atoms with E-state index in [9.17, 15) is 9.18 Å². The summed E-state index contributed by atoms with van der Waals surface area (Å²) in [6, 6.07) is 6.27. The van der Waals surface area contributed by atoms with Gasteiger partial charge < -0.3 is 20.1 Å². The van der Waals surface area contributed by atoms with Crippen LogP contribution in [0.5, 0.6) is 0 Å². The van der Waals surface area contributed by atoms with Gasteiger partial charge in [0.05, 0.1) is 12.6 Å². The Morgan fingerprint density at radius 3 is 3.05 bits per heavy atom. The molecule has 1 aromatic rings. The van der Waals surface area contributed by atoms with Crippen molar-refractivity contribution < 1.29 is 18.7 Å². The quantitative estimate of drug-likeness (QED) is 0.843. The van der Waals surface area contributed by atoms with Crippen molar-refractivity contribution >= 4 is 6.03 Å². The van der Waals surface area contributed by atoms with Crippen LogP contribution in [0.15, 0.2) is 24.3 Å². The number of rotatable bonds is 6. The number of hydrogen-bond acceptors (Lipinski definition) is 3. The van der Waals surface area contributed by atoms with Crippen molar-refractivity contribution in [1.29, 1.82) is 0 Å². The number of amides is 2. The molecule has 1 heterocycles. The number of carbonyl (C=O) groups excluding carboxylic acids is 1. The minimum atomic E-state index is -0.257. The van der Waals surface area contributed by atoms with Gasteiger partial charge >= 0.3 is 6.03 Å². The van der Waals surface area contributed by atoms with Crippen LogP contribution in [-0.4, -0.2) is 44.5 Å². The topological polar surface area (TPSA) is 59.6 Å². The molecule has 0 aromatic heterocycles. The third kappa shape index (κ3) is 4.96. The number of hydrogen-bond donors (Lipinski definition) is 2. The third-order valence-electron chi connectivity index (χ3n) is 3.64. The van der Waals surface area contributed by atoms with Crippen LogP contribution in [0.1, 0.15) is 18.9 Å². The number of nitrogens with one attached hydrogen (secondary N) is 2. The van der Waals surface area contributed by atoms with Crippen LogP contribution in [0.2, 0.25) is 0 Å². The maximum absolute atomic E-state index is 13.5. The molecule has 5 nitrogen and oxygen atoms in total. The van der Waals surface area contributed by atoms with Crippen molar-refractivity contribution in [2.24, 2.45) is 0 Å². The number of carbonyl (C=O) groups is 1. The van der Waals surface area contributed by atoms with E-state index < -0.39 is 0 Å². The molecule has 1 aliphatic rings. The molecule has 0 bridgehead atoms. The van der Waals surface area contributed by atoms with Gasteiger partial charge in [0.2, 0.25) is 0 Å². The molecular formula is C16H23FN2O3. The zero-order valence-corrected chi connectivity index (χ0v) is 12.8. The second kappa shape index (κ2) is 8.70. The van der Waals surface area contributed by atoms with Crippen LogP contribution in [0.4, 0.5) is 9.18 Å². The fourth-order valence-corrected chi connectivity index (χ4v) is 2.49. The zero-order valence-electron chi connectivity index (χ0n) is 12.8. The number of halogens is 1. The predicted octanol–water partition coefficient (Wildman–Crippen LogP) is 1.86. The molecular weight excluding hydrogens is 287 g/mol. The van der Waals surface area contributed by atoms with Crippen LogP contribution < -0.4 is 10.6 Å². The summed E-state index contributed by atoms with van der Waals surface area (Å²) in [4.78, 5) is 11.9. The monoisotopic (exact) mass is 310 g/mol. The molecule has 2 N–H and O–H groups in total. The summed E-state index contributed by atoms with van der Waals surface area (Å²) in [5.74, 6) is -0.245. The van der Waals surface area contributed by atoms with E-state index in [1.807, 2.05) is 6.92 Å². The maximum atomic E-state index is 13.5. The Morgan fingerprint density at radius 2 is 2.27 bits per heavy atom. The SMILES string of the molecule is CCO[C@@H]1COCC[C@H]1NC(=O)NCCc1ccccc1F. The van der Waals surface area contributed by atoms with Gasteiger partial charge in [-0.25, -0.2) is 9.18 Å². The molecule has 0 unspecified atom stereocenters. The minimum Gasteiger partial charge on any atom is -0.379 e. The van der Waals surface area contributed by atoms with Crippen molar-refractivity contribution in [2.45, 2.75) is 31.9 Å². The second-order valence-electron chi connectivity index (χ2n) is 5.21. The first-order valence-electron chi connectivity index (χ1n) is 7.67. The predicted molar refractivity (Wildman–Crippen MR) is 81.3 cm³/mol. The molecule has 2 amide bonds. The van der Waals surface area contributed by atoms with Gasteiger partial charge in [-0.2, -0.15) is 0 Å². The lowest BCUT2D eigenvalue weighted by atomic mass is 10.1. The zero-order chi connectivity index (χ0) is 15.8. The van der Waals surface area contributed by atoms with Gasteiger partial charge in [0.15, 0.2) is 0 Å². The molecule has 0 aliphatic carbocycles. The summed E-state index contributed by atoms with van der Waals surface area (Å²) in [7, 11) is 0. The molecule has 122 valence electrons. The summed E-state index contributed by atoms with van der Waals surface area (Å²) in [6.07, 6.45) is 1.07. The summed E-state index contributed by atoms with van der Waals surface area (Å²) < 4.78 is 24.4. The molecule has 2 rings (SSSR count). The fraction of sp³-hybridized carbons (Fsp3) is 0.562. The highest BCUT2D eigenvalue weighted by atomic mass is 19.1. The van der Waals surface area contributed by atoms with Crippen LogP contribution in [0.25, 0.3) is 0 Å². The Balaban J connectivity index is 1.74. The Hall–Kier alpha value is -1.66. The summed E-state index contributed by atoms with van der Waals surface area (Å²) in [5.41, 5.74) is 0.598. The van der Waals surface area contributed by atoms with Crippen molar-refractivity contribution in [3.63, 3.8) is 0 Å². The van der Waals surface area contributed by atoms with E-state index in [2.05, 4.69) is 10.6 Å². The van der Waals surface area contributed by atoms with E-state index in [4.69, 9.17) is 9.47 Å². The highest BCUT2D eigenvalue weighted by Crippen LogP contribution is 2.11. The van der Waals surface area contributed by atoms with Gasteiger partial charge in [-0.1, -0.05) is 18.2 Å². The van der Waals surface area contributed by atoms with E-state index in [1.54, 1.807) is 18.2 Å². The first kappa shape index (κ1) is 16.7. The van der Waals surface area contributed by atoms with E-state index in [-0.39, 0.29) is 24.0 Å². The van der Waals surface area contributed by atoms with Gasteiger partial charge in [-0.15, -0.1) is 0 Å². The van der Waals surface area contributed by atoms with Crippen LogP contribution in [-0.2, 0) is 15.9 Å². The summed E-state index contributed by atoms with van der Waals surface area (Å²) in [6.45, 7) is 3.99. The third-order valence-corrected chi connectivity index (χ3v) is 3.64. The Morgan fingerprint density at radius 1 is 1.45 bits per heavy atom. The highest BCUT2D eigenvalue weighted by Gasteiger charge is 2.27. The average molecular weight is 310 g/mol. The highest BCUT2D eigenvalue weighted by molar-refractivity contribution is 5.74. The van der Waals surface area contributed by atoms with Gasteiger partial charge in [-0.05, 0) is 31.4 Å². The Kier molecular flexibility index (Phi) is 6.61. The van der Waals surface area contributed by atoms with Crippen molar-refractivity contribution in [1.82, 2.24) is 10.6 Å². The molecule has 1 fully saturated rings. The van der Waals surface area contributed by atoms with Crippen LogP contribution in [0.3, 0.4) is 0 Å². The lowest BCUT2D eigenvalue weighted by molar-refractivity contribution is -0.0625.